The molecule has 0 aromatic heterocycles. The largest absolute Gasteiger partial charge is 0.370 e. The van der Waals surface area contributed by atoms with Crippen molar-refractivity contribution >= 4 is 5.91 Å². The molecule has 0 heterocycles. The molecule has 2 aliphatic carbocycles. The minimum absolute atomic E-state index is 0.134. The van der Waals surface area contributed by atoms with Crippen molar-refractivity contribution in [3.63, 3.8) is 0 Å². The lowest BCUT2D eigenvalue weighted by Gasteiger charge is -2.49. The first kappa shape index (κ1) is 12.1. The van der Waals surface area contributed by atoms with Gasteiger partial charge in [-0.1, -0.05) is 18.6 Å². The smallest absolute Gasteiger partial charge is 0.218 e. The Kier molecular flexibility index (Phi) is 2.93. The quantitative estimate of drug-likeness (QED) is 0.447. The maximum Gasteiger partial charge on any atom is 0.218 e. The molecule has 2 N–H and O–H groups in total. The van der Waals surface area contributed by atoms with Crippen LogP contribution < -0.4 is 5.73 Å². The molecular weight excluding hydrogens is 220 g/mol. The third-order valence-electron chi connectivity index (χ3n) is 4.25. The van der Waals surface area contributed by atoms with E-state index >= 15 is 0 Å². The molecule has 94 valence electrons. The summed E-state index contributed by atoms with van der Waals surface area (Å²) in [5.41, 5.74) is 6.10. The number of fused-ring (bicyclic) bond motifs is 1. The second-order valence-corrected chi connectivity index (χ2v) is 5.37. The molecule has 0 aromatic rings. The molecule has 5 nitrogen and oxygen atoms in total. The van der Waals surface area contributed by atoms with Gasteiger partial charge in [-0.05, 0) is 31.1 Å². The second kappa shape index (κ2) is 4.13. The number of allylic oxidation sites excluding steroid dienone is 2. The van der Waals surface area contributed by atoms with Gasteiger partial charge in [0, 0.05) is 11.3 Å². The Hall–Kier alpha value is -1.39. The number of nitrogens with zero attached hydrogens (tertiary/aromatic N) is 1. The van der Waals surface area contributed by atoms with Crippen LogP contribution in [0.1, 0.15) is 32.6 Å². The van der Waals surface area contributed by atoms with Crippen molar-refractivity contribution in [2.75, 3.05) is 6.54 Å². The minimum Gasteiger partial charge on any atom is -0.370 e. The number of rotatable bonds is 5. The highest BCUT2D eigenvalue weighted by atomic mass is 16.6. The van der Waals surface area contributed by atoms with Crippen molar-refractivity contribution < 1.29 is 9.72 Å². The molecule has 0 aliphatic heterocycles. The van der Waals surface area contributed by atoms with E-state index < -0.39 is 11.3 Å². The van der Waals surface area contributed by atoms with Crippen LogP contribution >= 0.6 is 0 Å². The standard InChI is InChI=1S/C12H18N2O3/c1-2-8-3-9-5-12(6-11(13)15,7-14(16)17)10(9)4-8/h4,9-10H,2-3,5-7H2,1H3,(H2,13,15). The molecule has 3 unspecified atom stereocenters. The number of nitrogens with two attached hydrogens (primary N) is 1. The summed E-state index contributed by atoms with van der Waals surface area (Å²) in [6.45, 7) is 1.96. The highest BCUT2D eigenvalue weighted by Gasteiger charge is 2.58. The van der Waals surface area contributed by atoms with Crippen molar-refractivity contribution in [1.29, 1.82) is 0 Å². The normalized spacial score (nSPS) is 34.8. The maximum absolute atomic E-state index is 11.1. The molecule has 2 rings (SSSR count). The number of primary amides is 1. The molecule has 5 heteroatoms. The summed E-state index contributed by atoms with van der Waals surface area (Å²) in [5, 5.41) is 10.8. The summed E-state index contributed by atoms with van der Waals surface area (Å²) in [6.07, 6.45) is 5.10. The Morgan fingerprint density at radius 1 is 1.71 bits per heavy atom. The fourth-order valence-corrected chi connectivity index (χ4v) is 3.58. The molecule has 0 spiro atoms. The molecule has 0 bridgehead atoms. The Morgan fingerprint density at radius 3 is 2.94 bits per heavy atom. The van der Waals surface area contributed by atoms with Crippen LogP contribution in [0.25, 0.3) is 0 Å². The van der Waals surface area contributed by atoms with Crippen LogP contribution in [0.5, 0.6) is 0 Å². The van der Waals surface area contributed by atoms with Crippen LogP contribution in [0.2, 0.25) is 0 Å². The number of carbonyl (C=O) groups is 1. The number of hydrogen-bond donors (Lipinski definition) is 1. The summed E-state index contributed by atoms with van der Waals surface area (Å²) in [6, 6.07) is 0. The van der Waals surface area contributed by atoms with Gasteiger partial charge in [0.15, 0.2) is 0 Å². The summed E-state index contributed by atoms with van der Waals surface area (Å²) >= 11 is 0. The van der Waals surface area contributed by atoms with E-state index in [2.05, 4.69) is 13.0 Å². The van der Waals surface area contributed by atoms with Crippen LogP contribution in [0.15, 0.2) is 11.6 Å². The van der Waals surface area contributed by atoms with Crippen LogP contribution in [0.3, 0.4) is 0 Å². The first-order valence-corrected chi connectivity index (χ1v) is 6.06. The van der Waals surface area contributed by atoms with Crippen LogP contribution in [-0.4, -0.2) is 17.4 Å². The maximum atomic E-state index is 11.1. The van der Waals surface area contributed by atoms with Crippen molar-refractivity contribution in [3.05, 3.63) is 21.8 Å². The third kappa shape index (κ3) is 2.06. The Labute approximate surface area is 100 Å². The van der Waals surface area contributed by atoms with Gasteiger partial charge in [0.25, 0.3) is 0 Å². The monoisotopic (exact) mass is 238 g/mol. The van der Waals surface area contributed by atoms with Gasteiger partial charge in [0.05, 0.1) is 5.41 Å². The average molecular weight is 238 g/mol. The molecular formula is C12H18N2O3. The van der Waals surface area contributed by atoms with Crippen LogP contribution in [0.4, 0.5) is 0 Å². The Balaban J connectivity index is 2.17. The molecule has 17 heavy (non-hydrogen) atoms. The summed E-state index contributed by atoms with van der Waals surface area (Å²) in [4.78, 5) is 21.6. The zero-order chi connectivity index (χ0) is 12.6. The van der Waals surface area contributed by atoms with Crippen molar-refractivity contribution in [2.45, 2.75) is 32.6 Å². The van der Waals surface area contributed by atoms with Crippen molar-refractivity contribution in [2.24, 2.45) is 23.0 Å². The predicted octanol–water partition coefficient (Wildman–Crippen LogP) is 1.50. The van der Waals surface area contributed by atoms with Gasteiger partial charge in [0.2, 0.25) is 12.5 Å². The first-order valence-electron chi connectivity index (χ1n) is 6.06. The van der Waals surface area contributed by atoms with Gasteiger partial charge in [-0.25, -0.2) is 0 Å². The van der Waals surface area contributed by atoms with E-state index in [0.29, 0.717) is 5.92 Å². The summed E-state index contributed by atoms with van der Waals surface area (Å²) < 4.78 is 0. The van der Waals surface area contributed by atoms with E-state index in [1.165, 1.54) is 5.57 Å². The molecule has 0 radical (unpaired) electrons. The van der Waals surface area contributed by atoms with E-state index in [9.17, 15) is 14.9 Å². The van der Waals surface area contributed by atoms with Gasteiger partial charge >= 0.3 is 0 Å². The number of carbonyl (C=O) groups excluding carboxylic acids is 1. The highest BCUT2D eigenvalue weighted by molar-refractivity contribution is 5.75. The van der Waals surface area contributed by atoms with Crippen LogP contribution in [-0.2, 0) is 4.79 Å². The second-order valence-electron chi connectivity index (χ2n) is 5.37. The van der Waals surface area contributed by atoms with E-state index in [-0.39, 0.29) is 23.8 Å². The molecule has 3 atom stereocenters. The summed E-state index contributed by atoms with van der Waals surface area (Å²) in [7, 11) is 0. The fourth-order valence-electron chi connectivity index (χ4n) is 3.58. The van der Waals surface area contributed by atoms with Crippen LogP contribution in [0, 0.1) is 27.4 Å². The average Bonchev–Trinajstić information content (AvgIpc) is 2.54. The molecule has 2 aliphatic rings. The lowest BCUT2D eigenvalue weighted by atomic mass is 9.53. The van der Waals surface area contributed by atoms with Gasteiger partial charge in [-0.3, -0.25) is 14.9 Å². The lowest BCUT2D eigenvalue weighted by Crippen LogP contribution is -2.51. The zero-order valence-electron chi connectivity index (χ0n) is 10.0. The molecule has 1 fully saturated rings. The van der Waals surface area contributed by atoms with Gasteiger partial charge in [0.1, 0.15) is 0 Å². The fraction of sp³-hybridized carbons (Fsp3) is 0.750. The molecule has 0 aromatic carbocycles. The van der Waals surface area contributed by atoms with Gasteiger partial charge in [-0.15, -0.1) is 0 Å². The number of nitro groups is 1. The molecule has 1 amide bonds. The van der Waals surface area contributed by atoms with E-state index in [4.69, 9.17) is 5.73 Å². The minimum atomic E-state index is -0.503. The van der Waals surface area contributed by atoms with E-state index in [0.717, 1.165) is 19.3 Å². The lowest BCUT2D eigenvalue weighted by molar-refractivity contribution is -0.505. The molecule has 0 saturated heterocycles. The Morgan fingerprint density at radius 2 is 2.41 bits per heavy atom. The molecule has 1 saturated carbocycles. The van der Waals surface area contributed by atoms with Crippen molar-refractivity contribution in [3.8, 4) is 0 Å². The third-order valence-corrected chi connectivity index (χ3v) is 4.25. The van der Waals surface area contributed by atoms with Crippen molar-refractivity contribution in [1.82, 2.24) is 0 Å². The predicted molar refractivity (Wildman–Crippen MR) is 62.7 cm³/mol. The topological polar surface area (TPSA) is 86.2 Å². The van der Waals surface area contributed by atoms with Gasteiger partial charge < -0.3 is 5.73 Å². The Bertz CT molecular complexity index is 373. The van der Waals surface area contributed by atoms with E-state index in [1.807, 2.05) is 0 Å². The number of hydrogen-bond acceptors (Lipinski definition) is 3. The first-order chi connectivity index (χ1) is 7.97. The van der Waals surface area contributed by atoms with E-state index in [1.54, 1.807) is 0 Å². The van der Waals surface area contributed by atoms with Gasteiger partial charge in [-0.2, -0.15) is 0 Å². The summed E-state index contributed by atoms with van der Waals surface area (Å²) in [5.74, 6) is 0.267. The highest BCUT2D eigenvalue weighted by Crippen LogP contribution is 2.60. The SMILES string of the molecule is CCC1=CC2C(C1)CC2(CC(N)=O)C[N+](=O)[O-]. The number of amides is 1. The zero-order valence-corrected chi connectivity index (χ0v) is 10.0.